The first-order valence-corrected chi connectivity index (χ1v) is 5.78. The van der Waals surface area contributed by atoms with Crippen LogP contribution in [0.5, 0.6) is 11.5 Å². The number of ether oxygens (including phenoxy) is 2. The Morgan fingerprint density at radius 2 is 1.82 bits per heavy atom. The van der Waals surface area contributed by atoms with Gasteiger partial charge in [-0.1, -0.05) is 0 Å². The van der Waals surface area contributed by atoms with Crippen molar-refractivity contribution in [2.45, 2.75) is 31.2 Å². The van der Waals surface area contributed by atoms with Crippen LogP contribution in [0.1, 0.15) is 24.8 Å². The lowest BCUT2D eigenvalue weighted by atomic mass is 10.0. The lowest BCUT2D eigenvalue weighted by molar-refractivity contribution is 0.370. The van der Waals surface area contributed by atoms with Crippen molar-refractivity contribution in [2.24, 2.45) is 5.73 Å². The molecule has 0 unspecified atom stereocenters. The number of halogens is 1. The Bertz CT molecular complexity index is 416. The van der Waals surface area contributed by atoms with Gasteiger partial charge in [-0.15, -0.1) is 0 Å². The molecule has 0 aromatic heterocycles. The summed E-state index contributed by atoms with van der Waals surface area (Å²) >= 11 is 0. The highest BCUT2D eigenvalue weighted by Gasteiger charge is 2.37. The summed E-state index contributed by atoms with van der Waals surface area (Å²) in [5.41, 5.74) is 6.49. The van der Waals surface area contributed by atoms with Crippen LogP contribution in [0.3, 0.4) is 0 Å². The Labute approximate surface area is 101 Å². The summed E-state index contributed by atoms with van der Waals surface area (Å²) in [5.74, 6) is 0.478. The lowest BCUT2D eigenvalue weighted by Gasteiger charge is -2.14. The molecular formula is C13H18FNO2. The van der Waals surface area contributed by atoms with Gasteiger partial charge < -0.3 is 15.2 Å². The second-order valence-corrected chi connectivity index (χ2v) is 4.62. The number of rotatable bonds is 5. The van der Waals surface area contributed by atoms with Crippen molar-refractivity contribution in [3.8, 4) is 11.5 Å². The molecule has 1 saturated carbocycles. The van der Waals surface area contributed by atoms with Crippen molar-refractivity contribution in [3.05, 3.63) is 23.5 Å². The van der Waals surface area contributed by atoms with Crippen LogP contribution < -0.4 is 15.2 Å². The molecule has 94 valence electrons. The first-order valence-electron chi connectivity index (χ1n) is 5.78. The minimum absolute atomic E-state index is 0.0828. The van der Waals surface area contributed by atoms with Crippen LogP contribution in [0.4, 0.5) is 4.39 Å². The van der Waals surface area contributed by atoms with Crippen LogP contribution in [-0.4, -0.2) is 19.8 Å². The quantitative estimate of drug-likeness (QED) is 0.857. The molecule has 2 N–H and O–H groups in total. The first-order chi connectivity index (χ1) is 8.09. The summed E-state index contributed by atoms with van der Waals surface area (Å²) in [6.07, 6.45) is 3.43. The minimum atomic E-state index is -0.337. The highest BCUT2D eigenvalue weighted by molar-refractivity contribution is 5.42. The number of hydrogen-bond acceptors (Lipinski definition) is 3. The Balaban J connectivity index is 2.22. The van der Waals surface area contributed by atoms with Gasteiger partial charge in [0.05, 0.1) is 14.2 Å². The average molecular weight is 239 g/mol. The van der Waals surface area contributed by atoms with Crippen molar-refractivity contribution in [2.75, 3.05) is 14.2 Å². The second-order valence-electron chi connectivity index (χ2n) is 4.62. The van der Waals surface area contributed by atoms with Crippen molar-refractivity contribution >= 4 is 0 Å². The van der Waals surface area contributed by atoms with Gasteiger partial charge in [-0.2, -0.15) is 0 Å². The fraction of sp³-hybridized carbons (Fsp3) is 0.538. The Morgan fingerprint density at radius 3 is 2.35 bits per heavy atom. The van der Waals surface area contributed by atoms with Gasteiger partial charge in [0, 0.05) is 11.1 Å². The average Bonchev–Trinajstić information content (AvgIpc) is 3.06. The molecule has 4 heteroatoms. The zero-order valence-corrected chi connectivity index (χ0v) is 10.3. The van der Waals surface area contributed by atoms with Crippen LogP contribution >= 0.6 is 0 Å². The Hall–Kier alpha value is -1.29. The van der Waals surface area contributed by atoms with Gasteiger partial charge in [0.15, 0.2) is 11.6 Å². The highest BCUT2D eigenvalue weighted by atomic mass is 19.1. The molecule has 0 spiro atoms. The Morgan fingerprint density at radius 1 is 1.24 bits per heavy atom. The van der Waals surface area contributed by atoms with E-state index >= 15 is 0 Å². The molecule has 3 nitrogen and oxygen atoms in total. The molecule has 0 saturated heterocycles. The third kappa shape index (κ3) is 2.52. The van der Waals surface area contributed by atoms with E-state index in [0.29, 0.717) is 17.7 Å². The SMILES string of the molecule is COc1ccc(OC)c(CCC2(N)CC2)c1F. The normalized spacial score (nSPS) is 16.7. The maximum absolute atomic E-state index is 14.1. The topological polar surface area (TPSA) is 44.5 Å². The Kier molecular flexibility index (Phi) is 3.24. The maximum Gasteiger partial charge on any atom is 0.171 e. The molecule has 0 radical (unpaired) electrons. The summed E-state index contributed by atoms with van der Waals surface area (Å²) in [5, 5.41) is 0. The molecule has 1 fully saturated rings. The van der Waals surface area contributed by atoms with Crippen molar-refractivity contribution in [1.82, 2.24) is 0 Å². The van der Waals surface area contributed by atoms with E-state index in [2.05, 4.69) is 0 Å². The molecule has 0 heterocycles. The summed E-state index contributed by atoms with van der Waals surface area (Å²) < 4.78 is 24.2. The van der Waals surface area contributed by atoms with Crippen molar-refractivity contribution in [3.63, 3.8) is 0 Å². The fourth-order valence-electron chi connectivity index (χ4n) is 1.95. The van der Waals surface area contributed by atoms with E-state index in [4.69, 9.17) is 15.2 Å². The minimum Gasteiger partial charge on any atom is -0.496 e. The zero-order chi connectivity index (χ0) is 12.5. The van der Waals surface area contributed by atoms with Crippen LogP contribution in [0, 0.1) is 5.82 Å². The van der Waals surface area contributed by atoms with Crippen LogP contribution in [0.2, 0.25) is 0 Å². The summed E-state index contributed by atoms with van der Waals surface area (Å²) in [6, 6.07) is 3.31. The van der Waals surface area contributed by atoms with E-state index in [0.717, 1.165) is 19.3 Å². The van der Waals surface area contributed by atoms with Crippen LogP contribution in [0.15, 0.2) is 12.1 Å². The number of benzene rings is 1. The largest absolute Gasteiger partial charge is 0.496 e. The molecule has 17 heavy (non-hydrogen) atoms. The van der Waals surface area contributed by atoms with Gasteiger partial charge in [-0.05, 0) is 37.8 Å². The molecule has 1 aromatic carbocycles. The molecule has 1 aliphatic rings. The fourth-order valence-corrected chi connectivity index (χ4v) is 1.95. The van der Waals surface area contributed by atoms with Crippen molar-refractivity contribution < 1.29 is 13.9 Å². The monoisotopic (exact) mass is 239 g/mol. The van der Waals surface area contributed by atoms with Gasteiger partial charge in [0.2, 0.25) is 0 Å². The maximum atomic E-state index is 14.1. The standard InChI is InChI=1S/C13H18FNO2/c1-16-10-3-4-11(17-2)12(14)9(10)5-6-13(15)7-8-13/h3-4H,5-8,15H2,1-2H3. The predicted molar refractivity (Wildman–Crippen MR) is 64.0 cm³/mol. The smallest absolute Gasteiger partial charge is 0.171 e. The predicted octanol–water partition coefficient (Wildman–Crippen LogP) is 2.27. The van der Waals surface area contributed by atoms with E-state index in [1.807, 2.05) is 0 Å². The van der Waals surface area contributed by atoms with E-state index in [9.17, 15) is 4.39 Å². The lowest BCUT2D eigenvalue weighted by Crippen LogP contribution is -2.22. The third-order valence-electron chi connectivity index (χ3n) is 3.37. The number of hydrogen-bond donors (Lipinski definition) is 1. The van der Waals surface area contributed by atoms with Gasteiger partial charge in [0.1, 0.15) is 5.75 Å². The second kappa shape index (κ2) is 4.53. The zero-order valence-electron chi connectivity index (χ0n) is 10.3. The summed E-state index contributed by atoms with van der Waals surface area (Å²) in [6.45, 7) is 0. The molecule has 2 rings (SSSR count). The molecule has 0 aliphatic heterocycles. The third-order valence-corrected chi connectivity index (χ3v) is 3.37. The van der Waals surface area contributed by atoms with Gasteiger partial charge in [-0.3, -0.25) is 0 Å². The first kappa shape index (κ1) is 12.2. The number of nitrogens with two attached hydrogens (primary N) is 1. The number of methoxy groups -OCH3 is 2. The highest BCUT2D eigenvalue weighted by Crippen LogP contribution is 2.38. The van der Waals surface area contributed by atoms with Crippen LogP contribution in [-0.2, 0) is 6.42 Å². The summed E-state index contributed by atoms with van der Waals surface area (Å²) in [7, 11) is 3.00. The molecule has 0 atom stereocenters. The molecule has 0 bridgehead atoms. The summed E-state index contributed by atoms with van der Waals surface area (Å²) in [4.78, 5) is 0. The molecule has 1 aliphatic carbocycles. The van der Waals surface area contributed by atoms with Gasteiger partial charge in [0.25, 0.3) is 0 Å². The van der Waals surface area contributed by atoms with Gasteiger partial charge >= 0.3 is 0 Å². The van der Waals surface area contributed by atoms with Crippen LogP contribution in [0.25, 0.3) is 0 Å². The van der Waals surface area contributed by atoms with E-state index < -0.39 is 0 Å². The van der Waals surface area contributed by atoms with Gasteiger partial charge in [-0.25, -0.2) is 4.39 Å². The van der Waals surface area contributed by atoms with Crippen molar-refractivity contribution in [1.29, 1.82) is 0 Å². The van der Waals surface area contributed by atoms with E-state index in [-0.39, 0.29) is 17.1 Å². The van der Waals surface area contributed by atoms with E-state index in [1.54, 1.807) is 19.2 Å². The van der Waals surface area contributed by atoms with E-state index in [1.165, 1.54) is 7.11 Å². The molecule has 0 amide bonds. The molecule has 1 aromatic rings. The molecular weight excluding hydrogens is 221 g/mol.